The number of sulfonamides is 1. The molecule has 0 fully saturated rings. The normalized spacial score (nSPS) is 11.1. The number of nitrogens with zero attached hydrogens (tertiary/aromatic N) is 1. The standard InChI is InChI=1S/C20H15N3O4S3/c24-19(17-13-29-20(22-17)23-30(25,26)18-7-4-12-28-18)21-14-8-10-16(11-9-14)27-15-5-2-1-3-6-15/h1-13H,(H,21,24)(H,22,23). The summed E-state index contributed by atoms with van der Waals surface area (Å²) in [5, 5.41) is 6.02. The molecule has 0 aliphatic rings. The summed E-state index contributed by atoms with van der Waals surface area (Å²) in [4.78, 5) is 16.5. The first kappa shape index (κ1) is 20.1. The molecular formula is C20H15N3O4S3. The number of anilines is 2. The average molecular weight is 458 g/mol. The molecule has 4 aromatic rings. The number of para-hydroxylation sites is 1. The van der Waals surface area contributed by atoms with E-state index in [1.807, 2.05) is 30.3 Å². The summed E-state index contributed by atoms with van der Waals surface area (Å²) < 4.78 is 32.8. The van der Waals surface area contributed by atoms with Gasteiger partial charge in [-0.25, -0.2) is 13.4 Å². The minimum absolute atomic E-state index is 0.119. The van der Waals surface area contributed by atoms with Gasteiger partial charge in [-0.15, -0.1) is 22.7 Å². The van der Waals surface area contributed by atoms with Gasteiger partial charge in [-0.2, -0.15) is 0 Å². The van der Waals surface area contributed by atoms with Crippen molar-refractivity contribution in [3.05, 3.63) is 83.2 Å². The van der Waals surface area contributed by atoms with E-state index in [1.54, 1.807) is 35.7 Å². The molecule has 7 nitrogen and oxygen atoms in total. The summed E-state index contributed by atoms with van der Waals surface area (Å²) in [5.74, 6) is 0.914. The van der Waals surface area contributed by atoms with E-state index in [0.717, 1.165) is 22.7 Å². The number of benzene rings is 2. The maximum absolute atomic E-state index is 12.4. The molecule has 2 aromatic heterocycles. The second kappa shape index (κ2) is 8.66. The van der Waals surface area contributed by atoms with Crippen LogP contribution in [0.15, 0.2) is 81.7 Å². The Morgan fingerprint density at radius 3 is 2.33 bits per heavy atom. The van der Waals surface area contributed by atoms with Crippen LogP contribution in [0.1, 0.15) is 10.5 Å². The van der Waals surface area contributed by atoms with E-state index in [1.165, 1.54) is 11.4 Å². The van der Waals surface area contributed by atoms with Crippen LogP contribution in [-0.4, -0.2) is 19.3 Å². The van der Waals surface area contributed by atoms with Crippen LogP contribution in [0.5, 0.6) is 11.5 Å². The van der Waals surface area contributed by atoms with E-state index in [4.69, 9.17) is 4.74 Å². The average Bonchev–Trinajstić information content (AvgIpc) is 3.43. The molecule has 4 rings (SSSR count). The van der Waals surface area contributed by atoms with Crippen LogP contribution < -0.4 is 14.8 Å². The summed E-state index contributed by atoms with van der Waals surface area (Å²) in [7, 11) is -3.70. The highest BCUT2D eigenvalue weighted by atomic mass is 32.2. The van der Waals surface area contributed by atoms with E-state index >= 15 is 0 Å². The molecule has 0 saturated carbocycles. The Morgan fingerprint density at radius 1 is 0.900 bits per heavy atom. The Bertz CT molecular complexity index is 1240. The van der Waals surface area contributed by atoms with Crippen LogP contribution in [-0.2, 0) is 10.0 Å². The van der Waals surface area contributed by atoms with Crippen LogP contribution in [0.4, 0.5) is 10.8 Å². The van der Waals surface area contributed by atoms with Crippen LogP contribution in [0.25, 0.3) is 0 Å². The van der Waals surface area contributed by atoms with Crippen molar-refractivity contribution < 1.29 is 17.9 Å². The maximum atomic E-state index is 12.4. The van der Waals surface area contributed by atoms with Gasteiger partial charge in [0, 0.05) is 11.1 Å². The molecule has 0 unspecified atom stereocenters. The number of aromatic nitrogens is 1. The zero-order chi connectivity index (χ0) is 21.0. The van der Waals surface area contributed by atoms with Crippen molar-refractivity contribution in [3.63, 3.8) is 0 Å². The van der Waals surface area contributed by atoms with E-state index in [2.05, 4.69) is 15.0 Å². The van der Waals surface area contributed by atoms with Crippen LogP contribution >= 0.6 is 22.7 Å². The lowest BCUT2D eigenvalue weighted by atomic mass is 10.3. The van der Waals surface area contributed by atoms with Gasteiger partial charge in [0.2, 0.25) is 0 Å². The van der Waals surface area contributed by atoms with E-state index in [0.29, 0.717) is 17.2 Å². The molecule has 0 bridgehead atoms. The smallest absolute Gasteiger partial charge is 0.275 e. The van der Waals surface area contributed by atoms with Crippen LogP contribution in [0.3, 0.4) is 0 Å². The minimum Gasteiger partial charge on any atom is -0.457 e. The summed E-state index contributed by atoms with van der Waals surface area (Å²) in [6.07, 6.45) is 0. The Morgan fingerprint density at radius 2 is 1.63 bits per heavy atom. The van der Waals surface area contributed by atoms with Crippen molar-refractivity contribution in [1.82, 2.24) is 4.98 Å². The van der Waals surface area contributed by atoms with Crippen molar-refractivity contribution in [1.29, 1.82) is 0 Å². The number of hydrogen-bond donors (Lipinski definition) is 2. The topological polar surface area (TPSA) is 97.4 Å². The van der Waals surface area contributed by atoms with Crippen molar-refractivity contribution in [3.8, 4) is 11.5 Å². The molecule has 0 aliphatic carbocycles. The van der Waals surface area contributed by atoms with Gasteiger partial charge in [0.05, 0.1) is 0 Å². The second-order valence-corrected chi connectivity index (χ2v) is 9.68. The molecule has 2 N–H and O–H groups in total. The first-order chi connectivity index (χ1) is 14.5. The first-order valence-electron chi connectivity index (χ1n) is 8.66. The third kappa shape index (κ3) is 4.85. The molecular weight excluding hydrogens is 442 g/mol. The Balaban J connectivity index is 1.38. The summed E-state index contributed by atoms with van der Waals surface area (Å²) in [6.45, 7) is 0. The van der Waals surface area contributed by atoms with E-state index < -0.39 is 15.9 Å². The van der Waals surface area contributed by atoms with Gasteiger partial charge in [0.15, 0.2) is 5.13 Å². The molecule has 30 heavy (non-hydrogen) atoms. The zero-order valence-corrected chi connectivity index (χ0v) is 17.8. The van der Waals surface area contributed by atoms with Crippen molar-refractivity contribution in [2.45, 2.75) is 4.21 Å². The van der Waals surface area contributed by atoms with E-state index in [9.17, 15) is 13.2 Å². The monoisotopic (exact) mass is 457 g/mol. The van der Waals surface area contributed by atoms with Crippen molar-refractivity contribution in [2.75, 3.05) is 10.0 Å². The highest BCUT2D eigenvalue weighted by molar-refractivity contribution is 7.94. The summed E-state index contributed by atoms with van der Waals surface area (Å²) in [6, 6.07) is 19.4. The fraction of sp³-hybridized carbons (Fsp3) is 0. The number of ether oxygens (including phenoxy) is 1. The number of nitrogens with one attached hydrogen (secondary N) is 2. The molecule has 0 spiro atoms. The van der Waals surface area contributed by atoms with Gasteiger partial charge in [0.1, 0.15) is 21.4 Å². The number of thiophene rings is 1. The number of carbonyl (C=O) groups is 1. The third-order valence-corrected chi connectivity index (χ3v) is 7.43. The van der Waals surface area contributed by atoms with Crippen LogP contribution in [0, 0.1) is 0 Å². The Hall–Kier alpha value is -3.21. The van der Waals surface area contributed by atoms with Crippen molar-refractivity contribution >= 4 is 49.4 Å². The van der Waals surface area contributed by atoms with Gasteiger partial charge >= 0.3 is 0 Å². The molecule has 2 aromatic carbocycles. The number of thiazole rings is 1. The lowest BCUT2D eigenvalue weighted by Crippen LogP contribution is -2.14. The third-order valence-electron chi connectivity index (χ3n) is 3.81. The predicted octanol–water partition coefficient (Wildman–Crippen LogP) is 5.05. The van der Waals surface area contributed by atoms with Crippen LogP contribution in [0.2, 0.25) is 0 Å². The molecule has 0 aliphatic heterocycles. The Kier molecular flexibility index (Phi) is 5.79. The molecule has 0 saturated heterocycles. The molecule has 0 radical (unpaired) electrons. The number of amides is 1. The highest BCUT2D eigenvalue weighted by Crippen LogP contribution is 2.25. The lowest BCUT2D eigenvalue weighted by Gasteiger charge is -2.07. The second-order valence-electron chi connectivity index (χ2n) is 5.97. The van der Waals surface area contributed by atoms with Gasteiger partial charge in [0.25, 0.3) is 15.9 Å². The zero-order valence-electron chi connectivity index (χ0n) is 15.3. The summed E-state index contributed by atoms with van der Waals surface area (Å²) >= 11 is 2.14. The molecule has 2 heterocycles. The van der Waals surface area contributed by atoms with Gasteiger partial charge < -0.3 is 10.1 Å². The van der Waals surface area contributed by atoms with Crippen molar-refractivity contribution in [2.24, 2.45) is 0 Å². The SMILES string of the molecule is O=C(Nc1ccc(Oc2ccccc2)cc1)c1csc(NS(=O)(=O)c2cccs2)n1. The number of carbonyl (C=O) groups excluding carboxylic acids is 1. The fourth-order valence-corrected chi connectivity index (χ4v) is 5.37. The molecule has 0 atom stereocenters. The Labute approximate surface area is 181 Å². The lowest BCUT2D eigenvalue weighted by molar-refractivity contribution is 0.102. The van der Waals surface area contributed by atoms with Gasteiger partial charge in [-0.1, -0.05) is 24.3 Å². The molecule has 152 valence electrons. The number of rotatable bonds is 7. The van der Waals surface area contributed by atoms with E-state index in [-0.39, 0.29) is 15.0 Å². The number of hydrogen-bond acceptors (Lipinski definition) is 7. The quantitative estimate of drug-likeness (QED) is 0.405. The summed E-state index contributed by atoms with van der Waals surface area (Å²) in [5.41, 5.74) is 0.683. The maximum Gasteiger partial charge on any atom is 0.275 e. The van der Waals surface area contributed by atoms with Gasteiger partial charge in [-0.3, -0.25) is 9.52 Å². The first-order valence-corrected chi connectivity index (χ1v) is 11.9. The predicted molar refractivity (Wildman–Crippen MR) is 118 cm³/mol. The highest BCUT2D eigenvalue weighted by Gasteiger charge is 2.18. The largest absolute Gasteiger partial charge is 0.457 e. The fourth-order valence-electron chi connectivity index (χ4n) is 2.43. The van der Waals surface area contributed by atoms with Gasteiger partial charge in [-0.05, 0) is 47.8 Å². The molecule has 1 amide bonds. The minimum atomic E-state index is -3.70. The molecule has 10 heteroatoms.